The normalized spacial score (nSPS) is 18.1. The van der Waals surface area contributed by atoms with Gasteiger partial charge in [0.1, 0.15) is 11.5 Å². The van der Waals surface area contributed by atoms with Crippen LogP contribution in [0, 0.1) is 0 Å². The van der Waals surface area contributed by atoms with Gasteiger partial charge in [-0.3, -0.25) is 4.79 Å². The Hall–Kier alpha value is -2.62. The Morgan fingerprint density at radius 3 is 2.64 bits per heavy atom. The van der Waals surface area contributed by atoms with Gasteiger partial charge >= 0.3 is 0 Å². The van der Waals surface area contributed by atoms with Crippen LogP contribution in [0.1, 0.15) is 46.8 Å². The Bertz CT molecular complexity index is 823. The summed E-state index contributed by atoms with van der Waals surface area (Å²) in [6, 6.07) is 10.5. The topological polar surface area (TPSA) is 58.9 Å². The van der Waals surface area contributed by atoms with E-state index in [9.17, 15) is 9.90 Å². The molecule has 0 amide bonds. The summed E-state index contributed by atoms with van der Waals surface area (Å²) in [7, 11) is 0. The third kappa shape index (κ3) is 1.70. The molecule has 22 heavy (non-hydrogen) atoms. The maximum atomic E-state index is 12.7. The number of ketones is 1. The van der Waals surface area contributed by atoms with Gasteiger partial charge in [-0.15, -0.1) is 0 Å². The molecule has 0 spiro atoms. The summed E-state index contributed by atoms with van der Waals surface area (Å²) in [6.45, 7) is 2.07. The maximum Gasteiger partial charge on any atom is 0.194 e. The Morgan fingerprint density at radius 2 is 1.86 bits per heavy atom. The van der Waals surface area contributed by atoms with Gasteiger partial charge in [-0.1, -0.05) is 37.6 Å². The van der Waals surface area contributed by atoms with Crippen LogP contribution in [0.25, 0.3) is 0 Å². The average Bonchev–Trinajstić information content (AvgIpc) is 2.52. The number of ether oxygens (including phenoxy) is 1. The number of phenols is 1. The molecule has 1 aliphatic heterocycles. The first-order valence-corrected chi connectivity index (χ1v) is 7.45. The molecule has 4 rings (SSSR count). The third-order valence-electron chi connectivity index (χ3n) is 4.10. The van der Waals surface area contributed by atoms with Crippen LogP contribution in [0.4, 0.5) is 0 Å². The largest absolute Gasteiger partial charge is 0.507 e. The number of hydrogen-bond acceptors (Lipinski definition) is 4. The molecular formula is C18H15NO3. The van der Waals surface area contributed by atoms with Gasteiger partial charge in [0.15, 0.2) is 12.0 Å². The van der Waals surface area contributed by atoms with E-state index in [0.29, 0.717) is 33.7 Å². The Labute approximate surface area is 128 Å². The van der Waals surface area contributed by atoms with Crippen LogP contribution in [0.3, 0.4) is 0 Å². The second-order valence-electron chi connectivity index (χ2n) is 5.55. The summed E-state index contributed by atoms with van der Waals surface area (Å²) in [6.07, 6.45) is 1.47. The van der Waals surface area contributed by atoms with Gasteiger partial charge in [0.05, 0.1) is 16.8 Å². The standard InChI is InChI=1S/C18H15NO3/c1-2-5-14-19-17-15-10(6-3-8-12(15)20)18(21)11-7-4-9-13(22-14)16(11)17/h3-4,6-9,14,20H,2,5H2,1H3/t14-/m0/s1. The minimum Gasteiger partial charge on any atom is -0.507 e. The molecule has 0 unspecified atom stereocenters. The van der Waals surface area contributed by atoms with Crippen LogP contribution >= 0.6 is 0 Å². The van der Waals surface area contributed by atoms with Crippen molar-refractivity contribution in [1.82, 2.24) is 0 Å². The second-order valence-corrected chi connectivity index (χ2v) is 5.55. The van der Waals surface area contributed by atoms with Gasteiger partial charge in [-0.2, -0.15) is 0 Å². The number of carbonyl (C=O) groups excluding carboxylic acids is 1. The molecule has 4 nitrogen and oxygen atoms in total. The molecule has 1 N–H and O–H groups in total. The first-order chi connectivity index (χ1) is 10.7. The fourth-order valence-electron chi connectivity index (χ4n) is 3.13. The van der Waals surface area contributed by atoms with Crippen LogP contribution in [0.5, 0.6) is 11.5 Å². The molecule has 110 valence electrons. The van der Waals surface area contributed by atoms with Crippen molar-refractivity contribution in [2.24, 2.45) is 4.99 Å². The number of carbonyl (C=O) groups is 1. The number of phenolic OH excluding ortho intramolecular Hbond substituents is 1. The van der Waals surface area contributed by atoms with Crippen molar-refractivity contribution in [2.45, 2.75) is 26.0 Å². The van der Waals surface area contributed by atoms with E-state index in [1.165, 1.54) is 0 Å². The highest BCUT2D eigenvalue weighted by molar-refractivity contribution is 6.32. The quantitative estimate of drug-likeness (QED) is 0.788. The Balaban J connectivity index is 2.03. The third-order valence-corrected chi connectivity index (χ3v) is 4.10. The van der Waals surface area contributed by atoms with Crippen molar-refractivity contribution >= 4 is 11.5 Å². The molecule has 0 aromatic heterocycles. The summed E-state index contributed by atoms with van der Waals surface area (Å²) in [4.78, 5) is 17.3. The minimum absolute atomic E-state index is 0.0854. The zero-order valence-corrected chi connectivity index (χ0v) is 12.2. The van der Waals surface area contributed by atoms with Crippen LogP contribution in [0.15, 0.2) is 41.4 Å². The van der Waals surface area contributed by atoms with Crippen molar-refractivity contribution < 1.29 is 14.6 Å². The van der Waals surface area contributed by atoms with Gasteiger partial charge < -0.3 is 9.84 Å². The van der Waals surface area contributed by atoms with E-state index in [2.05, 4.69) is 11.9 Å². The predicted molar refractivity (Wildman–Crippen MR) is 82.9 cm³/mol. The van der Waals surface area contributed by atoms with Crippen LogP contribution in [-0.2, 0) is 0 Å². The molecule has 0 saturated carbocycles. The molecule has 1 aliphatic carbocycles. The van der Waals surface area contributed by atoms with Gasteiger partial charge in [-0.05, 0) is 12.1 Å². The van der Waals surface area contributed by atoms with Crippen molar-refractivity contribution in [3.05, 3.63) is 58.7 Å². The molecule has 2 aromatic carbocycles. The summed E-state index contributed by atoms with van der Waals surface area (Å²) >= 11 is 0. The minimum atomic E-state index is -0.275. The van der Waals surface area contributed by atoms with Crippen molar-refractivity contribution in [3.8, 4) is 11.5 Å². The van der Waals surface area contributed by atoms with Crippen LogP contribution in [0.2, 0.25) is 0 Å². The zero-order valence-electron chi connectivity index (χ0n) is 12.2. The molecule has 2 aromatic rings. The van der Waals surface area contributed by atoms with Gasteiger partial charge in [-0.25, -0.2) is 4.99 Å². The first kappa shape index (κ1) is 13.1. The van der Waals surface area contributed by atoms with Crippen molar-refractivity contribution in [3.63, 3.8) is 0 Å². The number of nitrogens with zero attached hydrogens (tertiary/aromatic N) is 1. The predicted octanol–water partition coefficient (Wildman–Crippen LogP) is 3.29. The molecule has 0 fully saturated rings. The van der Waals surface area contributed by atoms with Crippen LogP contribution < -0.4 is 4.74 Å². The molecule has 2 aliphatic rings. The number of rotatable bonds is 2. The molecule has 0 saturated heterocycles. The number of aromatic hydroxyl groups is 1. The number of hydrogen-bond donors (Lipinski definition) is 1. The smallest absolute Gasteiger partial charge is 0.194 e. The van der Waals surface area contributed by atoms with Crippen LogP contribution in [-0.4, -0.2) is 22.8 Å². The lowest BCUT2D eigenvalue weighted by Gasteiger charge is -2.30. The van der Waals surface area contributed by atoms with E-state index in [4.69, 9.17) is 4.74 Å². The number of fused-ring (bicyclic) bond motifs is 2. The summed E-state index contributed by atoms with van der Waals surface area (Å²) in [5.74, 6) is 0.657. The SMILES string of the molecule is CCC[C@H]1N=C2c3c(O)cccc3C(=O)c3cccc(c32)O1. The highest BCUT2D eigenvalue weighted by atomic mass is 16.5. The van der Waals surface area contributed by atoms with Gasteiger partial charge in [0.2, 0.25) is 0 Å². The number of benzene rings is 2. The highest BCUT2D eigenvalue weighted by Gasteiger charge is 2.35. The van der Waals surface area contributed by atoms with E-state index >= 15 is 0 Å². The summed E-state index contributed by atoms with van der Waals surface area (Å²) < 4.78 is 5.90. The number of aliphatic imine (C=N–C) groups is 1. The fraction of sp³-hybridized carbons (Fsp3) is 0.222. The Kier molecular flexibility index (Phi) is 2.79. The zero-order chi connectivity index (χ0) is 15.3. The molecule has 0 radical (unpaired) electrons. The van der Waals surface area contributed by atoms with Gasteiger partial charge in [0.25, 0.3) is 0 Å². The summed E-state index contributed by atoms with van der Waals surface area (Å²) in [5.41, 5.74) is 2.98. The van der Waals surface area contributed by atoms with Crippen molar-refractivity contribution in [2.75, 3.05) is 0 Å². The Morgan fingerprint density at radius 1 is 1.14 bits per heavy atom. The first-order valence-electron chi connectivity index (χ1n) is 7.45. The molecule has 1 atom stereocenters. The summed E-state index contributed by atoms with van der Waals surface area (Å²) in [5, 5.41) is 10.3. The molecule has 1 heterocycles. The monoisotopic (exact) mass is 293 g/mol. The van der Waals surface area contributed by atoms with Gasteiger partial charge in [0, 0.05) is 17.5 Å². The van der Waals surface area contributed by atoms with E-state index in [0.717, 1.165) is 12.8 Å². The molecule has 0 bridgehead atoms. The fourth-order valence-corrected chi connectivity index (χ4v) is 3.13. The van der Waals surface area contributed by atoms with Crippen molar-refractivity contribution in [1.29, 1.82) is 0 Å². The average molecular weight is 293 g/mol. The van der Waals surface area contributed by atoms with E-state index in [1.807, 2.05) is 12.1 Å². The van der Waals surface area contributed by atoms with E-state index in [1.54, 1.807) is 24.3 Å². The maximum absolute atomic E-state index is 12.7. The van der Waals surface area contributed by atoms with E-state index < -0.39 is 0 Å². The highest BCUT2D eigenvalue weighted by Crippen LogP contribution is 2.40. The molecular weight excluding hydrogens is 278 g/mol. The second kappa shape index (κ2) is 4.70. The molecule has 4 heteroatoms. The lowest BCUT2D eigenvalue weighted by Crippen LogP contribution is -2.30. The van der Waals surface area contributed by atoms with E-state index in [-0.39, 0.29) is 17.8 Å². The lowest BCUT2D eigenvalue weighted by atomic mass is 9.82. The lowest BCUT2D eigenvalue weighted by molar-refractivity contribution is 0.103.